The van der Waals surface area contributed by atoms with E-state index in [1.807, 2.05) is 54.3 Å². The molecule has 1 heterocycles. The number of benzene rings is 2. The number of fused-ring (bicyclic) bond motifs is 1. The van der Waals surface area contributed by atoms with Crippen molar-refractivity contribution in [1.29, 1.82) is 5.26 Å². The lowest BCUT2D eigenvalue weighted by atomic mass is 9.80. The predicted molar refractivity (Wildman–Crippen MR) is 107 cm³/mol. The van der Waals surface area contributed by atoms with Crippen molar-refractivity contribution in [3.63, 3.8) is 0 Å². The van der Waals surface area contributed by atoms with E-state index in [9.17, 15) is 14.9 Å². The maximum absolute atomic E-state index is 13.5. The van der Waals surface area contributed by atoms with E-state index in [1.54, 1.807) is 6.07 Å². The Morgan fingerprint density at radius 1 is 1.07 bits per heavy atom. The number of hydrogen-bond acceptors (Lipinski definition) is 3. The average Bonchev–Trinajstić information content (AvgIpc) is 2.71. The zero-order valence-electron chi connectivity index (χ0n) is 16.0. The van der Waals surface area contributed by atoms with Crippen LogP contribution in [0.3, 0.4) is 0 Å². The summed E-state index contributed by atoms with van der Waals surface area (Å²) in [5.41, 5.74) is 3.02. The molecule has 1 saturated carbocycles. The van der Waals surface area contributed by atoms with Crippen LogP contribution >= 0.6 is 0 Å². The summed E-state index contributed by atoms with van der Waals surface area (Å²) < 4.78 is 0. The third kappa shape index (κ3) is 3.16. The fraction of sp³-hybridized carbons (Fsp3) is 0.348. The van der Waals surface area contributed by atoms with Gasteiger partial charge in [0.2, 0.25) is 5.91 Å². The van der Waals surface area contributed by atoms with Crippen LogP contribution in [-0.2, 0) is 11.3 Å². The van der Waals surface area contributed by atoms with E-state index < -0.39 is 0 Å². The molecule has 28 heavy (non-hydrogen) atoms. The van der Waals surface area contributed by atoms with Crippen molar-refractivity contribution in [1.82, 2.24) is 4.90 Å². The van der Waals surface area contributed by atoms with Crippen LogP contribution in [0.15, 0.2) is 48.5 Å². The predicted octanol–water partition coefficient (Wildman–Crippen LogP) is 4.39. The molecule has 2 unspecified atom stereocenters. The first-order valence-electron chi connectivity index (χ1n) is 9.79. The van der Waals surface area contributed by atoms with Crippen LogP contribution in [0.1, 0.15) is 42.4 Å². The molecular formula is C23H23N3O2. The SMILES string of the molecule is Cc1cccc(N2C(=O)C3CCCCC3N(Cc3ccccc3C#N)C2=O)c1. The van der Waals surface area contributed by atoms with E-state index >= 15 is 0 Å². The molecular weight excluding hydrogens is 350 g/mol. The standard InChI is InChI=1S/C23H23N3O2/c1-16-7-6-10-19(13-16)26-22(27)20-11-4-5-12-21(20)25(23(26)28)15-18-9-3-2-8-17(18)14-24/h2-3,6-10,13,20-21H,4-5,11-12,15H2,1H3. The second-order valence-corrected chi connectivity index (χ2v) is 7.65. The van der Waals surface area contributed by atoms with Crippen LogP contribution in [-0.4, -0.2) is 22.9 Å². The molecule has 2 aromatic rings. The maximum atomic E-state index is 13.5. The van der Waals surface area contributed by atoms with Crippen LogP contribution < -0.4 is 4.90 Å². The molecule has 2 aromatic carbocycles. The Bertz CT molecular complexity index is 962. The first-order chi connectivity index (χ1) is 13.6. The molecule has 4 rings (SSSR count). The third-order valence-electron chi connectivity index (χ3n) is 5.84. The monoisotopic (exact) mass is 373 g/mol. The average molecular weight is 373 g/mol. The normalized spacial score (nSPS) is 22.0. The summed E-state index contributed by atoms with van der Waals surface area (Å²) >= 11 is 0. The second-order valence-electron chi connectivity index (χ2n) is 7.65. The van der Waals surface area contributed by atoms with Crippen molar-refractivity contribution < 1.29 is 9.59 Å². The Kier molecular flexibility index (Phi) is 4.87. The number of rotatable bonds is 3. The lowest BCUT2D eigenvalue weighted by molar-refractivity contribution is -0.126. The number of urea groups is 1. The van der Waals surface area contributed by atoms with Gasteiger partial charge in [-0.1, -0.05) is 43.2 Å². The first kappa shape index (κ1) is 18.2. The minimum atomic E-state index is -0.286. The van der Waals surface area contributed by atoms with Gasteiger partial charge in [-0.25, -0.2) is 9.69 Å². The van der Waals surface area contributed by atoms with Crippen molar-refractivity contribution in [2.75, 3.05) is 4.90 Å². The molecule has 1 aliphatic carbocycles. The molecule has 2 aliphatic rings. The number of carbonyl (C=O) groups is 2. The summed E-state index contributed by atoms with van der Waals surface area (Å²) in [6.07, 6.45) is 3.65. The topological polar surface area (TPSA) is 64.4 Å². The van der Waals surface area contributed by atoms with Crippen LogP contribution in [0.2, 0.25) is 0 Å². The van der Waals surface area contributed by atoms with Gasteiger partial charge in [0.05, 0.1) is 23.2 Å². The number of nitrogens with zero attached hydrogens (tertiary/aromatic N) is 3. The summed E-state index contributed by atoms with van der Waals surface area (Å²) in [5.74, 6) is -0.272. The van der Waals surface area contributed by atoms with Gasteiger partial charge in [-0.3, -0.25) is 4.79 Å². The van der Waals surface area contributed by atoms with Crippen LogP contribution in [0.25, 0.3) is 0 Å². The zero-order chi connectivity index (χ0) is 19.7. The van der Waals surface area contributed by atoms with Gasteiger partial charge in [0.25, 0.3) is 0 Å². The highest BCUT2D eigenvalue weighted by Gasteiger charge is 2.47. The van der Waals surface area contributed by atoms with Gasteiger partial charge < -0.3 is 4.90 Å². The molecule has 1 aliphatic heterocycles. The lowest BCUT2D eigenvalue weighted by Crippen LogP contribution is -2.62. The van der Waals surface area contributed by atoms with Crippen molar-refractivity contribution in [3.8, 4) is 6.07 Å². The fourth-order valence-electron chi connectivity index (χ4n) is 4.44. The minimum Gasteiger partial charge on any atom is -0.316 e. The number of aryl methyl sites for hydroxylation is 1. The highest BCUT2D eigenvalue weighted by atomic mass is 16.2. The summed E-state index contributed by atoms with van der Waals surface area (Å²) in [6, 6.07) is 16.7. The Hall–Kier alpha value is -3.13. The number of hydrogen-bond donors (Lipinski definition) is 0. The lowest BCUT2D eigenvalue weighted by Gasteiger charge is -2.47. The summed E-state index contributed by atoms with van der Waals surface area (Å²) in [6.45, 7) is 2.30. The van der Waals surface area contributed by atoms with E-state index in [0.717, 1.165) is 36.8 Å². The van der Waals surface area contributed by atoms with Crippen molar-refractivity contribution in [2.45, 2.75) is 45.2 Å². The highest BCUT2D eigenvalue weighted by Crippen LogP contribution is 2.37. The highest BCUT2D eigenvalue weighted by molar-refractivity contribution is 6.17. The fourth-order valence-corrected chi connectivity index (χ4v) is 4.44. The van der Waals surface area contributed by atoms with Gasteiger partial charge in [0.1, 0.15) is 0 Å². The number of carbonyl (C=O) groups excluding carboxylic acids is 2. The number of nitriles is 1. The van der Waals surface area contributed by atoms with Gasteiger partial charge in [-0.2, -0.15) is 5.26 Å². The van der Waals surface area contributed by atoms with Crippen molar-refractivity contribution in [3.05, 3.63) is 65.2 Å². The molecule has 0 spiro atoms. The molecule has 5 heteroatoms. The first-order valence-corrected chi connectivity index (χ1v) is 9.79. The maximum Gasteiger partial charge on any atom is 0.331 e. The summed E-state index contributed by atoms with van der Waals surface area (Å²) in [4.78, 5) is 29.8. The molecule has 0 bridgehead atoms. The van der Waals surface area contributed by atoms with Crippen LogP contribution in [0.4, 0.5) is 10.5 Å². The molecule has 2 atom stereocenters. The van der Waals surface area contributed by atoms with Gasteiger partial charge in [0, 0.05) is 12.6 Å². The number of imide groups is 1. The molecule has 3 amide bonds. The van der Waals surface area contributed by atoms with Gasteiger partial charge in [0.15, 0.2) is 0 Å². The van der Waals surface area contributed by atoms with E-state index in [4.69, 9.17) is 0 Å². The molecule has 5 nitrogen and oxygen atoms in total. The smallest absolute Gasteiger partial charge is 0.316 e. The third-order valence-corrected chi connectivity index (χ3v) is 5.84. The molecule has 0 N–H and O–H groups in total. The Morgan fingerprint density at radius 3 is 2.64 bits per heavy atom. The van der Waals surface area contributed by atoms with Gasteiger partial charge >= 0.3 is 6.03 Å². The van der Waals surface area contributed by atoms with E-state index in [2.05, 4.69) is 6.07 Å². The van der Waals surface area contributed by atoms with Crippen molar-refractivity contribution in [2.24, 2.45) is 5.92 Å². The Balaban J connectivity index is 1.74. The molecule has 1 saturated heterocycles. The van der Waals surface area contributed by atoms with Gasteiger partial charge in [-0.15, -0.1) is 0 Å². The van der Waals surface area contributed by atoms with E-state index in [-0.39, 0.29) is 23.9 Å². The Morgan fingerprint density at radius 2 is 1.86 bits per heavy atom. The Labute approximate surface area is 165 Å². The van der Waals surface area contributed by atoms with Crippen LogP contribution in [0, 0.1) is 24.2 Å². The zero-order valence-corrected chi connectivity index (χ0v) is 16.0. The quantitative estimate of drug-likeness (QED) is 0.801. The van der Waals surface area contributed by atoms with E-state index in [1.165, 1.54) is 4.90 Å². The number of amides is 3. The summed E-state index contributed by atoms with van der Waals surface area (Å²) in [5, 5.41) is 9.43. The van der Waals surface area contributed by atoms with Crippen molar-refractivity contribution >= 4 is 17.6 Å². The summed E-state index contributed by atoms with van der Waals surface area (Å²) in [7, 11) is 0. The molecule has 142 valence electrons. The van der Waals surface area contributed by atoms with Crippen LogP contribution in [0.5, 0.6) is 0 Å². The second kappa shape index (κ2) is 7.47. The molecule has 0 radical (unpaired) electrons. The molecule has 0 aromatic heterocycles. The number of anilines is 1. The minimum absolute atomic E-state index is 0.0925. The molecule has 2 fully saturated rings. The largest absolute Gasteiger partial charge is 0.331 e. The van der Waals surface area contributed by atoms with Gasteiger partial charge in [-0.05, 0) is 49.1 Å². The van der Waals surface area contributed by atoms with E-state index in [0.29, 0.717) is 17.8 Å².